The zero-order valence-electron chi connectivity index (χ0n) is 15.3. The maximum absolute atomic E-state index is 12.8. The Morgan fingerprint density at radius 2 is 1.77 bits per heavy atom. The van der Waals surface area contributed by atoms with Crippen LogP contribution >= 0.6 is 0 Å². The summed E-state index contributed by atoms with van der Waals surface area (Å²) in [4.78, 5) is 14.6. The Hall–Kier alpha value is -2.34. The summed E-state index contributed by atoms with van der Waals surface area (Å²) in [6.07, 6.45) is 1.81. The van der Waals surface area contributed by atoms with Crippen molar-refractivity contribution in [3.05, 3.63) is 59.7 Å². The highest BCUT2D eigenvalue weighted by molar-refractivity contribution is 7.92. The van der Waals surface area contributed by atoms with Crippen molar-refractivity contribution in [3.63, 3.8) is 0 Å². The number of nitrogens with zero attached hydrogens (tertiary/aromatic N) is 1. The van der Waals surface area contributed by atoms with E-state index in [4.69, 9.17) is 0 Å². The zero-order valence-corrected chi connectivity index (χ0v) is 16.1. The highest BCUT2D eigenvalue weighted by Crippen LogP contribution is 2.35. The van der Waals surface area contributed by atoms with Crippen molar-refractivity contribution in [1.29, 1.82) is 0 Å². The number of para-hydroxylation sites is 1. The Kier molecular flexibility index (Phi) is 5.05. The average molecular weight is 372 g/mol. The molecule has 0 saturated carbocycles. The Morgan fingerprint density at radius 1 is 1.12 bits per heavy atom. The van der Waals surface area contributed by atoms with E-state index in [1.165, 1.54) is 11.6 Å². The lowest BCUT2D eigenvalue weighted by molar-refractivity contribution is 0.204. The third-order valence-electron chi connectivity index (χ3n) is 4.94. The number of nitrogens with one attached hydrogen (secondary N) is 1. The molecule has 0 radical (unpaired) electrons. The number of fused-ring (bicyclic) bond motifs is 1. The molecule has 0 aliphatic heterocycles. The number of benzene rings is 2. The SMILES string of the molecule is CC(C)S(=O)(=O)c1ccccc1NC(=O)N(C)[C@@H]1CCc2ccccc21. The fourth-order valence-corrected chi connectivity index (χ4v) is 4.56. The minimum absolute atomic E-state index is 0.0000631. The number of carbonyl (C=O) groups excluding carboxylic acids is 1. The summed E-state index contributed by atoms with van der Waals surface area (Å²) < 4.78 is 25.1. The van der Waals surface area contributed by atoms with Gasteiger partial charge in [-0.25, -0.2) is 13.2 Å². The van der Waals surface area contributed by atoms with Gasteiger partial charge in [0, 0.05) is 7.05 Å². The van der Waals surface area contributed by atoms with Gasteiger partial charge in [0.15, 0.2) is 9.84 Å². The lowest BCUT2D eigenvalue weighted by Crippen LogP contribution is -2.34. The lowest BCUT2D eigenvalue weighted by Gasteiger charge is -2.26. The van der Waals surface area contributed by atoms with Crippen LogP contribution in [0.1, 0.15) is 37.4 Å². The molecule has 3 rings (SSSR count). The smallest absolute Gasteiger partial charge is 0.321 e. The number of sulfone groups is 1. The Balaban J connectivity index is 1.84. The molecule has 0 saturated heterocycles. The molecule has 138 valence electrons. The molecule has 6 heteroatoms. The molecule has 1 aliphatic rings. The molecule has 1 N–H and O–H groups in total. The van der Waals surface area contributed by atoms with Crippen molar-refractivity contribution in [1.82, 2.24) is 4.90 Å². The Labute approximate surface area is 154 Å². The summed E-state index contributed by atoms with van der Waals surface area (Å²) in [5.41, 5.74) is 2.75. The predicted octanol–water partition coefficient (Wildman–Crippen LogP) is 4.02. The van der Waals surface area contributed by atoms with Crippen LogP contribution in [-0.4, -0.2) is 31.6 Å². The number of hydrogen-bond acceptors (Lipinski definition) is 3. The van der Waals surface area contributed by atoms with Crippen molar-refractivity contribution < 1.29 is 13.2 Å². The van der Waals surface area contributed by atoms with Crippen molar-refractivity contribution in [2.75, 3.05) is 12.4 Å². The van der Waals surface area contributed by atoms with E-state index >= 15 is 0 Å². The van der Waals surface area contributed by atoms with Crippen LogP contribution in [0.25, 0.3) is 0 Å². The van der Waals surface area contributed by atoms with Crippen LogP contribution < -0.4 is 5.32 Å². The summed E-state index contributed by atoms with van der Waals surface area (Å²) in [6, 6.07) is 14.4. The van der Waals surface area contributed by atoms with E-state index in [0.717, 1.165) is 18.4 Å². The summed E-state index contributed by atoms with van der Waals surface area (Å²) >= 11 is 0. The van der Waals surface area contributed by atoms with Crippen LogP contribution in [0, 0.1) is 0 Å². The van der Waals surface area contributed by atoms with Gasteiger partial charge in [0.05, 0.1) is 21.9 Å². The van der Waals surface area contributed by atoms with Crippen LogP contribution in [-0.2, 0) is 16.3 Å². The summed E-state index contributed by atoms with van der Waals surface area (Å²) in [5, 5.41) is 2.23. The molecule has 0 aromatic heterocycles. The van der Waals surface area contributed by atoms with Gasteiger partial charge in [0.1, 0.15) is 0 Å². The standard InChI is InChI=1S/C20H24N2O3S/c1-14(2)26(24,25)19-11-7-6-10-17(19)21-20(23)22(3)18-13-12-15-8-4-5-9-16(15)18/h4-11,14,18H,12-13H2,1-3H3,(H,21,23)/t18-/m1/s1. The first-order chi connectivity index (χ1) is 12.3. The van der Waals surface area contributed by atoms with Crippen molar-refractivity contribution in [2.24, 2.45) is 0 Å². The molecule has 0 heterocycles. The van der Waals surface area contributed by atoms with E-state index in [9.17, 15) is 13.2 Å². The van der Waals surface area contributed by atoms with Crippen molar-refractivity contribution in [2.45, 2.75) is 42.9 Å². The number of aryl methyl sites for hydroxylation is 1. The molecule has 0 bridgehead atoms. The van der Waals surface area contributed by atoms with Crippen LogP contribution in [0.15, 0.2) is 53.4 Å². The second-order valence-electron chi connectivity index (χ2n) is 6.88. The van der Waals surface area contributed by atoms with E-state index in [0.29, 0.717) is 5.69 Å². The van der Waals surface area contributed by atoms with Gasteiger partial charge in [-0.15, -0.1) is 0 Å². The van der Waals surface area contributed by atoms with Gasteiger partial charge >= 0.3 is 6.03 Å². The lowest BCUT2D eigenvalue weighted by atomic mass is 10.1. The normalized spacial score (nSPS) is 16.4. The van der Waals surface area contributed by atoms with Crippen molar-refractivity contribution in [3.8, 4) is 0 Å². The van der Waals surface area contributed by atoms with Crippen LogP contribution in [0.3, 0.4) is 0 Å². The third kappa shape index (κ3) is 3.33. The maximum atomic E-state index is 12.8. The summed E-state index contributed by atoms with van der Waals surface area (Å²) in [6.45, 7) is 3.27. The molecular formula is C20H24N2O3S. The van der Waals surface area contributed by atoms with Gasteiger partial charge in [-0.1, -0.05) is 36.4 Å². The fourth-order valence-electron chi connectivity index (χ4n) is 3.35. The van der Waals surface area contributed by atoms with Gasteiger partial charge in [-0.05, 0) is 49.9 Å². The minimum Gasteiger partial charge on any atom is -0.321 e. The molecule has 2 aromatic rings. The molecule has 1 atom stereocenters. The van der Waals surface area contributed by atoms with Gasteiger partial charge in [0.2, 0.25) is 0 Å². The van der Waals surface area contributed by atoms with Crippen LogP contribution in [0.5, 0.6) is 0 Å². The van der Waals surface area contributed by atoms with Crippen LogP contribution in [0.4, 0.5) is 10.5 Å². The van der Waals surface area contributed by atoms with E-state index in [1.807, 2.05) is 18.2 Å². The predicted molar refractivity (Wildman–Crippen MR) is 103 cm³/mol. The average Bonchev–Trinajstić information content (AvgIpc) is 3.05. The number of amides is 2. The Morgan fingerprint density at radius 3 is 2.50 bits per heavy atom. The van der Waals surface area contributed by atoms with Gasteiger partial charge in [-0.2, -0.15) is 0 Å². The van der Waals surface area contributed by atoms with E-state index in [2.05, 4.69) is 11.4 Å². The minimum atomic E-state index is -3.48. The topological polar surface area (TPSA) is 66.5 Å². The number of carbonyl (C=O) groups is 1. The van der Waals surface area contributed by atoms with E-state index in [1.54, 1.807) is 44.0 Å². The molecule has 2 aromatic carbocycles. The zero-order chi connectivity index (χ0) is 18.9. The highest BCUT2D eigenvalue weighted by atomic mass is 32.2. The molecule has 26 heavy (non-hydrogen) atoms. The first-order valence-corrected chi connectivity index (χ1v) is 10.3. The number of urea groups is 1. The Bertz CT molecular complexity index is 922. The van der Waals surface area contributed by atoms with Gasteiger partial charge in [-0.3, -0.25) is 0 Å². The molecule has 1 aliphatic carbocycles. The summed E-state index contributed by atoms with van der Waals surface area (Å²) in [7, 11) is -1.73. The molecule has 5 nitrogen and oxygen atoms in total. The molecule has 0 unspecified atom stereocenters. The van der Waals surface area contributed by atoms with E-state index in [-0.39, 0.29) is 17.0 Å². The molecular weight excluding hydrogens is 348 g/mol. The highest BCUT2D eigenvalue weighted by Gasteiger charge is 2.29. The number of anilines is 1. The monoisotopic (exact) mass is 372 g/mol. The molecule has 0 spiro atoms. The second kappa shape index (κ2) is 7.11. The quantitative estimate of drug-likeness (QED) is 0.881. The number of rotatable bonds is 4. The van der Waals surface area contributed by atoms with Crippen molar-refractivity contribution >= 4 is 21.6 Å². The van der Waals surface area contributed by atoms with Crippen LogP contribution in [0.2, 0.25) is 0 Å². The second-order valence-corrected chi connectivity index (χ2v) is 9.36. The first-order valence-electron chi connectivity index (χ1n) is 8.77. The van der Waals surface area contributed by atoms with E-state index < -0.39 is 15.1 Å². The largest absolute Gasteiger partial charge is 0.322 e. The summed E-state index contributed by atoms with van der Waals surface area (Å²) in [5.74, 6) is 0. The fraction of sp³-hybridized carbons (Fsp3) is 0.350. The first kappa shape index (κ1) is 18.5. The van der Waals surface area contributed by atoms with Gasteiger partial charge < -0.3 is 10.2 Å². The molecule has 2 amide bonds. The number of hydrogen-bond donors (Lipinski definition) is 1. The van der Waals surface area contributed by atoms with Gasteiger partial charge in [0.25, 0.3) is 0 Å². The maximum Gasteiger partial charge on any atom is 0.322 e. The molecule has 0 fully saturated rings. The third-order valence-corrected chi connectivity index (χ3v) is 7.16.